The molecule has 0 saturated carbocycles. The number of halogens is 1. The number of nitrogens with zero attached hydrogens (tertiary/aromatic N) is 1. The molecule has 1 aliphatic heterocycles. The molecule has 29 heavy (non-hydrogen) atoms. The zero-order valence-electron chi connectivity index (χ0n) is 15.8. The van der Waals surface area contributed by atoms with Crippen LogP contribution in [0.5, 0.6) is 11.5 Å². The third-order valence-corrected chi connectivity index (χ3v) is 6.52. The molecule has 1 unspecified atom stereocenters. The van der Waals surface area contributed by atoms with Gasteiger partial charge >= 0.3 is 5.63 Å². The average molecular weight is 476 g/mol. The summed E-state index contributed by atoms with van der Waals surface area (Å²) in [5.41, 5.74) is 0.648. The van der Waals surface area contributed by atoms with E-state index in [-0.39, 0.29) is 16.8 Å². The van der Waals surface area contributed by atoms with Gasteiger partial charge < -0.3 is 18.8 Å². The Bertz CT molecular complexity index is 1150. The lowest BCUT2D eigenvalue weighted by Crippen LogP contribution is -2.33. The van der Waals surface area contributed by atoms with E-state index < -0.39 is 5.63 Å². The van der Waals surface area contributed by atoms with Crippen molar-refractivity contribution in [3.8, 4) is 11.5 Å². The Morgan fingerprint density at radius 3 is 2.76 bits per heavy atom. The predicted molar refractivity (Wildman–Crippen MR) is 116 cm³/mol. The molecule has 8 heteroatoms. The highest BCUT2D eigenvalue weighted by molar-refractivity contribution is 9.10. The highest BCUT2D eigenvalue weighted by Crippen LogP contribution is 2.43. The van der Waals surface area contributed by atoms with E-state index in [2.05, 4.69) is 15.9 Å². The molecule has 3 aromatic rings. The quantitative estimate of drug-likeness (QED) is 0.518. The SMILES string of the molecule is COc1ccc(OC)c(C2SCCN2C(=O)c2cc3cc(Br)ccc3oc2=O)c1. The minimum atomic E-state index is -0.641. The second-order valence-electron chi connectivity index (χ2n) is 6.46. The highest BCUT2D eigenvalue weighted by Gasteiger charge is 2.34. The molecule has 2 aromatic carbocycles. The van der Waals surface area contributed by atoms with Gasteiger partial charge in [-0.1, -0.05) is 15.9 Å². The van der Waals surface area contributed by atoms with Crippen LogP contribution in [-0.4, -0.2) is 37.3 Å². The Morgan fingerprint density at radius 2 is 2.00 bits per heavy atom. The van der Waals surface area contributed by atoms with Gasteiger partial charge in [-0.05, 0) is 42.5 Å². The van der Waals surface area contributed by atoms with Crippen LogP contribution in [0.25, 0.3) is 11.0 Å². The summed E-state index contributed by atoms with van der Waals surface area (Å²) in [5, 5.41) is 0.398. The van der Waals surface area contributed by atoms with Crippen LogP contribution in [0.4, 0.5) is 0 Å². The van der Waals surface area contributed by atoms with Gasteiger partial charge in [0.05, 0.1) is 14.2 Å². The Morgan fingerprint density at radius 1 is 1.17 bits per heavy atom. The topological polar surface area (TPSA) is 69.0 Å². The minimum Gasteiger partial charge on any atom is -0.497 e. The molecule has 1 atom stereocenters. The van der Waals surface area contributed by atoms with Crippen LogP contribution in [0.3, 0.4) is 0 Å². The van der Waals surface area contributed by atoms with Crippen molar-refractivity contribution in [3.63, 3.8) is 0 Å². The Kier molecular flexibility index (Phi) is 5.56. The molecule has 0 spiro atoms. The van der Waals surface area contributed by atoms with E-state index in [1.54, 1.807) is 49.1 Å². The van der Waals surface area contributed by atoms with Gasteiger partial charge in [-0.3, -0.25) is 4.79 Å². The van der Waals surface area contributed by atoms with Gasteiger partial charge in [0, 0.05) is 27.7 Å². The first-order valence-corrected chi connectivity index (χ1v) is 10.7. The van der Waals surface area contributed by atoms with E-state index >= 15 is 0 Å². The molecule has 2 heterocycles. The molecule has 1 amide bonds. The summed E-state index contributed by atoms with van der Waals surface area (Å²) in [6.45, 7) is 0.518. The van der Waals surface area contributed by atoms with Crippen molar-refractivity contribution in [2.75, 3.05) is 26.5 Å². The van der Waals surface area contributed by atoms with E-state index in [1.165, 1.54) is 0 Å². The van der Waals surface area contributed by atoms with Crippen molar-refractivity contribution < 1.29 is 18.7 Å². The molecule has 1 fully saturated rings. The van der Waals surface area contributed by atoms with Gasteiger partial charge in [-0.15, -0.1) is 11.8 Å². The highest BCUT2D eigenvalue weighted by atomic mass is 79.9. The molecular formula is C21H18BrNO5S. The Balaban J connectivity index is 1.75. The maximum Gasteiger partial charge on any atom is 0.349 e. The maximum absolute atomic E-state index is 13.3. The fourth-order valence-electron chi connectivity index (χ4n) is 3.37. The van der Waals surface area contributed by atoms with Gasteiger partial charge in [0.2, 0.25) is 0 Å². The zero-order valence-corrected chi connectivity index (χ0v) is 18.2. The van der Waals surface area contributed by atoms with E-state index in [4.69, 9.17) is 13.9 Å². The van der Waals surface area contributed by atoms with Gasteiger partial charge in [-0.25, -0.2) is 4.79 Å². The van der Waals surface area contributed by atoms with Gasteiger partial charge in [0.1, 0.15) is 28.0 Å². The number of carbonyl (C=O) groups excluding carboxylic acids is 1. The summed E-state index contributed by atoms with van der Waals surface area (Å²) in [5.74, 6) is 1.73. The number of amides is 1. The number of methoxy groups -OCH3 is 2. The number of fused-ring (bicyclic) bond motifs is 1. The summed E-state index contributed by atoms with van der Waals surface area (Å²) >= 11 is 5.02. The first-order valence-electron chi connectivity index (χ1n) is 8.89. The van der Waals surface area contributed by atoms with Crippen LogP contribution < -0.4 is 15.1 Å². The van der Waals surface area contributed by atoms with Crippen LogP contribution in [0, 0.1) is 0 Å². The van der Waals surface area contributed by atoms with Gasteiger partial charge in [-0.2, -0.15) is 0 Å². The lowest BCUT2D eigenvalue weighted by atomic mass is 10.1. The number of hydrogen-bond donors (Lipinski definition) is 0. The Hall–Kier alpha value is -2.45. The van der Waals surface area contributed by atoms with Crippen molar-refractivity contribution in [1.29, 1.82) is 0 Å². The molecule has 1 saturated heterocycles. The normalized spacial score (nSPS) is 16.2. The van der Waals surface area contributed by atoms with E-state index in [0.717, 1.165) is 15.8 Å². The number of carbonyl (C=O) groups is 1. The lowest BCUT2D eigenvalue weighted by molar-refractivity contribution is 0.0755. The molecule has 150 valence electrons. The van der Waals surface area contributed by atoms with E-state index in [9.17, 15) is 9.59 Å². The third-order valence-electron chi connectivity index (χ3n) is 4.78. The lowest BCUT2D eigenvalue weighted by Gasteiger charge is -2.25. The molecule has 0 bridgehead atoms. The van der Waals surface area contributed by atoms with Crippen molar-refractivity contribution >= 4 is 44.6 Å². The number of rotatable bonds is 4. The van der Waals surface area contributed by atoms with Crippen molar-refractivity contribution in [3.05, 3.63) is 68.5 Å². The number of benzene rings is 2. The zero-order chi connectivity index (χ0) is 20.5. The fourth-order valence-corrected chi connectivity index (χ4v) is 5.02. The van der Waals surface area contributed by atoms with E-state index in [0.29, 0.717) is 29.0 Å². The van der Waals surface area contributed by atoms with Crippen molar-refractivity contribution in [2.24, 2.45) is 0 Å². The predicted octanol–water partition coefficient (Wildman–Crippen LogP) is 4.46. The molecule has 6 nitrogen and oxygen atoms in total. The molecular weight excluding hydrogens is 458 g/mol. The summed E-state index contributed by atoms with van der Waals surface area (Å²) in [6, 6.07) is 12.4. The summed E-state index contributed by atoms with van der Waals surface area (Å²) in [7, 11) is 3.18. The monoisotopic (exact) mass is 475 g/mol. The number of thioether (sulfide) groups is 1. The number of hydrogen-bond acceptors (Lipinski definition) is 6. The first-order chi connectivity index (χ1) is 14.0. The first kappa shape index (κ1) is 19.8. The maximum atomic E-state index is 13.3. The Labute approximate surface area is 179 Å². The third kappa shape index (κ3) is 3.74. The van der Waals surface area contributed by atoms with Crippen molar-refractivity contribution in [1.82, 2.24) is 4.90 Å². The van der Waals surface area contributed by atoms with Crippen LogP contribution in [0.2, 0.25) is 0 Å². The van der Waals surface area contributed by atoms with Gasteiger partial charge in [0.15, 0.2) is 0 Å². The second kappa shape index (κ2) is 8.12. The van der Waals surface area contributed by atoms with Crippen LogP contribution in [-0.2, 0) is 0 Å². The molecule has 4 rings (SSSR count). The molecule has 0 N–H and O–H groups in total. The van der Waals surface area contributed by atoms with Crippen LogP contribution in [0.1, 0.15) is 21.3 Å². The molecule has 0 radical (unpaired) electrons. The fraction of sp³-hybridized carbons (Fsp3) is 0.238. The van der Waals surface area contributed by atoms with Gasteiger partial charge in [0.25, 0.3) is 5.91 Å². The average Bonchev–Trinajstić information content (AvgIpc) is 3.22. The molecule has 1 aromatic heterocycles. The second-order valence-corrected chi connectivity index (χ2v) is 8.56. The smallest absolute Gasteiger partial charge is 0.349 e. The molecule has 1 aliphatic rings. The summed E-state index contributed by atoms with van der Waals surface area (Å²) in [6.07, 6.45) is 0. The molecule has 0 aliphatic carbocycles. The van der Waals surface area contributed by atoms with Crippen molar-refractivity contribution in [2.45, 2.75) is 5.37 Å². The standard InChI is InChI=1S/C21H18BrNO5S/c1-26-14-4-6-18(27-2)15(11-14)20-23(7-8-29-20)19(24)16-10-12-9-13(22)3-5-17(12)28-21(16)25/h3-6,9-11,20H,7-8H2,1-2H3. The largest absolute Gasteiger partial charge is 0.497 e. The van der Waals surface area contributed by atoms with Crippen LogP contribution in [0.15, 0.2) is 56.1 Å². The van der Waals surface area contributed by atoms with Crippen LogP contribution >= 0.6 is 27.7 Å². The summed E-state index contributed by atoms with van der Waals surface area (Å²) in [4.78, 5) is 27.5. The minimum absolute atomic E-state index is 0.0185. The number of ether oxygens (including phenoxy) is 2. The van der Waals surface area contributed by atoms with E-state index in [1.807, 2.05) is 24.3 Å². The summed E-state index contributed by atoms with van der Waals surface area (Å²) < 4.78 is 17.0.